The van der Waals surface area contributed by atoms with Gasteiger partial charge in [0.2, 0.25) is 0 Å². The molecule has 0 spiro atoms. The molecule has 0 aliphatic carbocycles. The molecular weight excluding hydrogens is 371 g/mol. The van der Waals surface area contributed by atoms with Crippen molar-refractivity contribution < 1.29 is 14.0 Å². The van der Waals surface area contributed by atoms with Gasteiger partial charge in [0.1, 0.15) is 12.0 Å². The highest BCUT2D eigenvalue weighted by Gasteiger charge is 2.29. The first-order chi connectivity index (χ1) is 14.0. The molecule has 0 bridgehead atoms. The predicted molar refractivity (Wildman–Crippen MR) is 110 cm³/mol. The van der Waals surface area contributed by atoms with Crippen LogP contribution in [0.4, 0.5) is 20.6 Å². The average Bonchev–Trinajstić information content (AvgIpc) is 3.05. The third-order valence-corrected chi connectivity index (χ3v) is 4.74. The Hall–Kier alpha value is -3.58. The van der Waals surface area contributed by atoms with E-state index in [0.717, 1.165) is 22.6 Å². The number of benzene rings is 3. The molecule has 6 nitrogen and oxygen atoms in total. The van der Waals surface area contributed by atoms with Gasteiger partial charge in [-0.2, -0.15) is 5.06 Å². The Morgan fingerprint density at radius 3 is 2.69 bits per heavy atom. The fraction of sp³-hybridized carbons (Fsp3) is 0.136. The maximum Gasteiger partial charge on any atom is 0.319 e. The Kier molecular flexibility index (Phi) is 5.05. The van der Waals surface area contributed by atoms with Gasteiger partial charge >= 0.3 is 6.03 Å². The molecule has 1 aliphatic heterocycles. The van der Waals surface area contributed by atoms with Crippen LogP contribution in [-0.4, -0.2) is 6.03 Å². The van der Waals surface area contributed by atoms with Gasteiger partial charge in [0.05, 0.1) is 11.7 Å². The van der Waals surface area contributed by atoms with Gasteiger partial charge in [0.25, 0.3) is 0 Å². The number of carbonyl (C=O) groups is 1. The number of hydrogen-bond donors (Lipinski definition) is 3. The first-order valence-electron chi connectivity index (χ1n) is 9.26. The first-order valence-corrected chi connectivity index (χ1v) is 9.26. The molecule has 0 fully saturated rings. The van der Waals surface area contributed by atoms with Crippen LogP contribution in [0.2, 0.25) is 0 Å². The lowest BCUT2D eigenvalue weighted by Crippen LogP contribution is -2.33. The van der Waals surface area contributed by atoms with Crippen molar-refractivity contribution in [1.82, 2.24) is 5.32 Å². The molecule has 7 heteroatoms. The predicted octanol–water partition coefficient (Wildman–Crippen LogP) is 4.48. The summed E-state index contributed by atoms with van der Waals surface area (Å²) in [4.78, 5) is 18.1. The number of nitrogens with one attached hydrogen (secondary N) is 2. The van der Waals surface area contributed by atoms with Crippen molar-refractivity contribution in [2.45, 2.75) is 19.1 Å². The second-order valence-corrected chi connectivity index (χ2v) is 6.83. The molecule has 0 saturated heterocycles. The fourth-order valence-corrected chi connectivity index (χ4v) is 3.25. The lowest BCUT2D eigenvalue weighted by molar-refractivity contribution is 0.249. The molecule has 2 amide bonds. The van der Waals surface area contributed by atoms with E-state index in [1.165, 1.54) is 18.2 Å². The molecule has 3 aromatic rings. The molecule has 2 atom stereocenters. The van der Waals surface area contributed by atoms with Crippen molar-refractivity contribution in [2.24, 2.45) is 5.73 Å². The third-order valence-electron chi connectivity index (χ3n) is 4.74. The average molecular weight is 392 g/mol. The summed E-state index contributed by atoms with van der Waals surface area (Å²) >= 11 is 0. The molecule has 2 unspecified atom stereocenters. The quantitative estimate of drug-likeness (QED) is 0.612. The number of hydrogen-bond acceptors (Lipinski definition) is 4. The van der Waals surface area contributed by atoms with E-state index >= 15 is 0 Å². The van der Waals surface area contributed by atoms with Gasteiger partial charge in [0, 0.05) is 11.3 Å². The normalized spacial score (nSPS) is 16.0. The Morgan fingerprint density at radius 1 is 1.10 bits per heavy atom. The zero-order chi connectivity index (χ0) is 20.4. The van der Waals surface area contributed by atoms with Gasteiger partial charge in [-0.05, 0) is 48.9 Å². The molecular formula is C22H21FN4O2. The number of anilines is 2. The highest BCUT2D eigenvalue weighted by atomic mass is 19.1. The lowest BCUT2D eigenvalue weighted by atomic mass is 10.1. The monoisotopic (exact) mass is 392 g/mol. The van der Waals surface area contributed by atoms with Crippen molar-refractivity contribution in [2.75, 3.05) is 10.4 Å². The van der Waals surface area contributed by atoms with Gasteiger partial charge in [-0.25, -0.2) is 9.18 Å². The molecule has 4 N–H and O–H groups in total. The smallest absolute Gasteiger partial charge is 0.319 e. The van der Waals surface area contributed by atoms with Gasteiger partial charge in [-0.1, -0.05) is 36.4 Å². The van der Waals surface area contributed by atoms with Crippen LogP contribution in [0.15, 0.2) is 72.8 Å². The molecule has 0 saturated carbocycles. The van der Waals surface area contributed by atoms with Gasteiger partial charge in [-0.3, -0.25) is 0 Å². The number of amides is 2. The molecule has 29 heavy (non-hydrogen) atoms. The van der Waals surface area contributed by atoms with E-state index in [2.05, 4.69) is 10.6 Å². The van der Waals surface area contributed by atoms with E-state index in [4.69, 9.17) is 10.6 Å². The van der Waals surface area contributed by atoms with E-state index in [1.807, 2.05) is 55.5 Å². The van der Waals surface area contributed by atoms with E-state index in [0.29, 0.717) is 5.69 Å². The Balaban J connectivity index is 1.45. The van der Waals surface area contributed by atoms with Gasteiger partial charge < -0.3 is 21.2 Å². The van der Waals surface area contributed by atoms with Crippen LogP contribution in [0.5, 0.6) is 5.75 Å². The summed E-state index contributed by atoms with van der Waals surface area (Å²) in [6.07, 6.45) is -0.416. The number of halogens is 1. The number of fused-ring (bicyclic) bond motifs is 1. The molecule has 0 aromatic heterocycles. The summed E-state index contributed by atoms with van der Waals surface area (Å²) in [7, 11) is 0. The maximum absolute atomic E-state index is 13.3. The summed E-state index contributed by atoms with van der Waals surface area (Å²) in [5.41, 5.74) is 9.28. The minimum atomic E-state index is -0.421. The number of hydroxylamine groups is 1. The number of rotatable bonds is 4. The van der Waals surface area contributed by atoms with Crippen molar-refractivity contribution >= 4 is 17.4 Å². The van der Waals surface area contributed by atoms with Crippen LogP contribution < -0.4 is 26.3 Å². The molecule has 148 valence electrons. The number of nitrogens with two attached hydrogens (primary N) is 1. The minimum Gasteiger partial charge on any atom is -0.377 e. The zero-order valence-corrected chi connectivity index (χ0v) is 15.8. The van der Waals surface area contributed by atoms with Crippen LogP contribution >= 0.6 is 0 Å². The van der Waals surface area contributed by atoms with Crippen molar-refractivity contribution in [3.05, 3.63) is 89.7 Å². The van der Waals surface area contributed by atoms with Gasteiger partial charge in [0.15, 0.2) is 5.75 Å². The van der Waals surface area contributed by atoms with E-state index in [9.17, 15) is 9.18 Å². The summed E-state index contributed by atoms with van der Waals surface area (Å²) in [6.45, 7) is 1.86. The van der Waals surface area contributed by atoms with E-state index in [1.54, 1.807) is 11.1 Å². The van der Waals surface area contributed by atoms with Crippen LogP contribution in [0.3, 0.4) is 0 Å². The fourth-order valence-electron chi connectivity index (χ4n) is 3.25. The SMILES string of the molecule is CC(NC(=O)Nc1cccc(F)c1)c1cccc(N2Oc3ccccc3C2N)c1. The minimum absolute atomic E-state index is 0.287. The first kappa shape index (κ1) is 18.8. The molecule has 4 rings (SSSR count). The third kappa shape index (κ3) is 4.00. The number of carbonyl (C=O) groups excluding carboxylic acids is 1. The Labute approximate surface area is 168 Å². The zero-order valence-electron chi connectivity index (χ0n) is 15.8. The topological polar surface area (TPSA) is 79.6 Å². The molecule has 1 aliphatic rings. The van der Waals surface area contributed by atoms with Gasteiger partial charge in [-0.15, -0.1) is 0 Å². The molecule has 1 heterocycles. The summed E-state index contributed by atoms with van der Waals surface area (Å²) in [6, 6.07) is 20.3. The largest absolute Gasteiger partial charge is 0.377 e. The van der Waals surface area contributed by atoms with Crippen molar-refractivity contribution in [1.29, 1.82) is 0 Å². The number of para-hydroxylation sites is 1. The second-order valence-electron chi connectivity index (χ2n) is 6.83. The van der Waals surface area contributed by atoms with Crippen LogP contribution in [0.25, 0.3) is 0 Å². The highest BCUT2D eigenvalue weighted by molar-refractivity contribution is 5.89. The summed E-state index contributed by atoms with van der Waals surface area (Å²) < 4.78 is 13.3. The number of nitrogens with zero attached hydrogens (tertiary/aromatic N) is 1. The van der Waals surface area contributed by atoms with Crippen molar-refractivity contribution in [3.8, 4) is 5.75 Å². The molecule has 3 aromatic carbocycles. The second kappa shape index (κ2) is 7.81. The Morgan fingerprint density at radius 2 is 1.90 bits per heavy atom. The standard InChI is InChI=1S/C22H21FN4O2/c1-14(25-22(28)26-17-8-5-7-16(23)13-17)15-6-4-9-18(12-15)27-21(24)19-10-2-3-11-20(19)29-27/h2-14,21H,24H2,1H3,(H2,25,26,28). The lowest BCUT2D eigenvalue weighted by Gasteiger charge is -2.23. The maximum atomic E-state index is 13.3. The van der Waals surface area contributed by atoms with Crippen LogP contribution in [0, 0.1) is 5.82 Å². The summed E-state index contributed by atoms with van der Waals surface area (Å²) in [5.74, 6) is 0.317. The molecule has 0 radical (unpaired) electrons. The van der Waals surface area contributed by atoms with Crippen LogP contribution in [0.1, 0.15) is 30.3 Å². The Bertz CT molecular complexity index is 1040. The van der Waals surface area contributed by atoms with E-state index in [-0.39, 0.29) is 6.04 Å². The van der Waals surface area contributed by atoms with Crippen LogP contribution in [-0.2, 0) is 0 Å². The highest BCUT2D eigenvalue weighted by Crippen LogP contribution is 2.37. The van der Waals surface area contributed by atoms with E-state index < -0.39 is 18.0 Å². The number of urea groups is 1. The summed E-state index contributed by atoms with van der Waals surface area (Å²) in [5, 5.41) is 7.12. The van der Waals surface area contributed by atoms with Crippen molar-refractivity contribution in [3.63, 3.8) is 0 Å².